The van der Waals surface area contributed by atoms with Crippen LogP contribution in [0.4, 0.5) is 24.7 Å². The molecule has 0 fully saturated rings. The van der Waals surface area contributed by atoms with E-state index in [0.717, 1.165) is 24.3 Å². The minimum Gasteiger partial charge on any atom is -0.462 e. The number of anilines is 1. The number of esters is 1. The van der Waals surface area contributed by atoms with Gasteiger partial charge in [0.25, 0.3) is 11.6 Å². The predicted molar refractivity (Wildman–Crippen MR) is 99.1 cm³/mol. The summed E-state index contributed by atoms with van der Waals surface area (Å²) in [7, 11) is 0. The van der Waals surface area contributed by atoms with Crippen molar-refractivity contribution in [2.75, 3.05) is 25.0 Å². The lowest BCUT2D eigenvalue weighted by Crippen LogP contribution is -2.29. The zero-order valence-electron chi connectivity index (χ0n) is 15.7. The van der Waals surface area contributed by atoms with Crippen LogP contribution in [0.2, 0.25) is 0 Å². The molecule has 2 aromatic rings. The average molecular weight is 426 g/mol. The fourth-order valence-corrected chi connectivity index (χ4v) is 2.31. The lowest BCUT2D eigenvalue weighted by Gasteiger charge is -2.10. The molecule has 0 aliphatic rings. The second-order valence-corrected chi connectivity index (χ2v) is 5.86. The summed E-state index contributed by atoms with van der Waals surface area (Å²) in [6.07, 6.45) is -3.80. The van der Waals surface area contributed by atoms with E-state index in [1.807, 2.05) is 0 Å². The largest absolute Gasteiger partial charge is 0.462 e. The first-order valence-electron chi connectivity index (χ1n) is 8.63. The van der Waals surface area contributed by atoms with Gasteiger partial charge >= 0.3 is 12.1 Å². The van der Waals surface area contributed by atoms with E-state index < -0.39 is 34.2 Å². The molecule has 160 valence electrons. The Balaban J connectivity index is 1.97. The van der Waals surface area contributed by atoms with E-state index in [0.29, 0.717) is 6.20 Å². The number of benzene rings is 1. The molecule has 0 spiro atoms. The number of halogens is 3. The number of aromatic nitrogens is 1. The number of nitro groups is 1. The Morgan fingerprint density at radius 2 is 1.87 bits per heavy atom. The number of nitro benzene ring substituents is 1. The Bertz CT molecular complexity index is 932. The number of alkyl halides is 3. The summed E-state index contributed by atoms with van der Waals surface area (Å²) in [4.78, 5) is 38.0. The molecular weight excluding hydrogens is 409 g/mol. The van der Waals surface area contributed by atoms with Crippen LogP contribution in [0.3, 0.4) is 0 Å². The number of nitrogens with one attached hydrogen (secondary N) is 2. The van der Waals surface area contributed by atoms with Crippen molar-refractivity contribution in [3.63, 3.8) is 0 Å². The fourth-order valence-electron chi connectivity index (χ4n) is 2.31. The number of ether oxygens (including phenoxy) is 1. The molecule has 0 radical (unpaired) electrons. The third-order valence-corrected chi connectivity index (χ3v) is 3.71. The maximum Gasteiger partial charge on any atom is 0.417 e. The van der Waals surface area contributed by atoms with Crippen molar-refractivity contribution in [1.82, 2.24) is 10.3 Å². The van der Waals surface area contributed by atoms with Gasteiger partial charge in [0, 0.05) is 37.0 Å². The lowest BCUT2D eigenvalue weighted by molar-refractivity contribution is -0.384. The maximum atomic E-state index is 12.5. The first kappa shape index (κ1) is 22.6. The van der Waals surface area contributed by atoms with Crippen molar-refractivity contribution >= 4 is 23.4 Å². The van der Waals surface area contributed by atoms with Crippen molar-refractivity contribution in [3.05, 3.63) is 63.3 Å². The standard InChI is InChI=1S/C18H17F3N4O5/c1-2-30-17(27)12-7-11(8-14(9-12)25(28)29)16(26)23-6-5-22-15-4-3-13(10-24-15)18(19,20)21/h3-4,7-10H,2,5-6H2,1H3,(H,22,24)(H,23,26). The minimum absolute atomic E-state index is 0.0406. The van der Waals surface area contributed by atoms with Gasteiger partial charge in [-0.3, -0.25) is 14.9 Å². The highest BCUT2D eigenvalue weighted by Crippen LogP contribution is 2.28. The third-order valence-electron chi connectivity index (χ3n) is 3.71. The highest BCUT2D eigenvalue weighted by atomic mass is 19.4. The summed E-state index contributed by atoms with van der Waals surface area (Å²) in [6, 6.07) is 5.21. The molecule has 1 heterocycles. The van der Waals surface area contributed by atoms with Crippen LogP contribution >= 0.6 is 0 Å². The van der Waals surface area contributed by atoms with Gasteiger partial charge in [0.05, 0.1) is 22.7 Å². The molecule has 0 bridgehead atoms. The van der Waals surface area contributed by atoms with E-state index in [-0.39, 0.29) is 36.6 Å². The molecule has 0 unspecified atom stereocenters. The number of hydrogen-bond donors (Lipinski definition) is 2. The number of rotatable bonds is 8. The van der Waals surface area contributed by atoms with Crippen LogP contribution in [-0.4, -0.2) is 41.5 Å². The van der Waals surface area contributed by atoms with Crippen LogP contribution in [0.25, 0.3) is 0 Å². The Morgan fingerprint density at radius 1 is 1.17 bits per heavy atom. The van der Waals surface area contributed by atoms with Crippen molar-refractivity contribution in [3.8, 4) is 0 Å². The molecule has 2 N–H and O–H groups in total. The van der Waals surface area contributed by atoms with Gasteiger partial charge in [-0.15, -0.1) is 0 Å². The van der Waals surface area contributed by atoms with Crippen molar-refractivity contribution in [2.24, 2.45) is 0 Å². The molecule has 9 nitrogen and oxygen atoms in total. The quantitative estimate of drug-likeness (QED) is 0.288. The summed E-state index contributed by atoms with van der Waals surface area (Å²) in [5.74, 6) is -1.30. The number of non-ortho nitro benzene ring substituents is 1. The Hall–Kier alpha value is -3.70. The van der Waals surface area contributed by atoms with Gasteiger partial charge in [0.1, 0.15) is 5.82 Å². The Morgan fingerprint density at radius 3 is 2.43 bits per heavy atom. The SMILES string of the molecule is CCOC(=O)c1cc(C(=O)NCCNc2ccc(C(F)(F)F)cn2)cc([N+](=O)[O-])c1. The number of pyridine rings is 1. The lowest BCUT2D eigenvalue weighted by atomic mass is 10.1. The normalized spacial score (nSPS) is 10.9. The van der Waals surface area contributed by atoms with Gasteiger partial charge in [-0.2, -0.15) is 13.2 Å². The van der Waals surface area contributed by atoms with Crippen LogP contribution in [-0.2, 0) is 10.9 Å². The first-order valence-corrected chi connectivity index (χ1v) is 8.63. The maximum absolute atomic E-state index is 12.5. The summed E-state index contributed by atoms with van der Waals surface area (Å²) >= 11 is 0. The zero-order chi connectivity index (χ0) is 22.3. The van der Waals surface area contributed by atoms with Gasteiger partial charge in [0.15, 0.2) is 0 Å². The third kappa shape index (κ3) is 6.15. The summed E-state index contributed by atoms with van der Waals surface area (Å²) in [5.41, 5.74) is -1.58. The van der Waals surface area contributed by atoms with Crippen molar-refractivity contribution in [2.45, 2.75) is 13.1 Å². The van der Waals surface area contributed by atoms with Crippen LogP contribution in [0.15, 0.2) is 36.5 Å². The molecule has 30 heavy (non-hydrogen) atoms. The van der Waals surface area contributed by atoms with Gasteiger partial charge in [0.2, 0.25) is 0 Å². The molecule has 0 saturated heterocycles. The van der Waals surface area contributed by atoms with E-state index in [2.05, 4.69) is 15.6 Å². The molecule has 1 aromatic carbocycles. The number of amides is 1. The molecule has 0 aliphatic carbocycles. The summed E-state index contributed by atoms with van der Waals surface area (Å²) < 4.78 is 42.3. The van der Waals surface area contributed by atoms with Gasteiger partial charge < -0.3 is 15.4 Å². The highest BCUT2D eigenvalue weighted by Gasteiger charge is 2.30. The van der Waals surface area contributed by atoms with Crippen molar-refractivity contribution < 1.29 is 32.4 Å². The van der Waals surface area contributed by atoms with Crippen LogP contribution in [0.1, 0.15) is 33.2 Å². The van der Waals surface area contributed by atoms with Gasteiger partial charge in [-0.1, -0.05) is 0 Å². The molecule has 12 heteroatoms. The molecule has 1 aromatic heterocycles. The Labute approximate surface area is 168 Å². The number of carbonyl (C=O) groups excluding carboxylic acids is 2. The fraction of sp³-hybridized carbons (Fsp3) is 0.278. The molecule has 0 aliphatic heterocycles. The van der Waals surface area contributed by atoms with Gasteiger partial charge in [-0.05, 0) is 25.1 Å². The molecule has 1 amide bonds. The smallest absolute Gasteiger partial charge is 0.417 e. The summed E-state index contributed by atoms with van der Waals surface area (Å²) in [6.45, 7) is 1.80. The monoisotopic (exact) mass is 426 g/mol. The molecule has 0 saturated carbocycles. The minimum atomic E-state index is -4.49. The van der Waals surface area contributed by atoms with E-state index in [9.17, 15) is 32.9 Å². The second kappa shape index (κ2) is 9.67. The molecular formula is C18H17F3N4O5. The number of nitrogens with zero attached hydrogens (tertiary/aromatic N) is 2. The average Bonchev–Trinajstić information content (AvgIpc) is 2.70. The van der Waals surface area contributed by atoms with Crippen LogP contribution in [0.5, 0.6) is 0 Å². The Kier molecular flexibility index (Phi) is 7.28. The summed E-state index contributed by atoms with van der Waals surface area (Å²) in [5, 5.41) is 16.3. The number of hydrogen-bond acceptors (Lipinski definition) is 7. The topological polar surface area (TPSA) is 123 Å². The number of carbonyl (C=O) groups is 2. The van der Waals surface area contributed by atoms with Crippen LogP contribution in [0, 0.1) is 10.1 Å². The van der Waals surface area contributed by atoms with Gasteiger partial charge in [-0.25, -0.2) is 9.78 Å². The zero-order valence-corrected chi connectivity index (χ0v) is 15.7. The molecule has 2 rings (SSSR count). The van der Waals surface area contributed by atoms with Crippen molar-refractivity contribution in [1.29, 1.82) is 0 Å². The van der Waals surface area contributed by atoms with E-state index in [4.69, 9.17) is 4.74 Å². The first-order chi connectivity index (χ1) is 14.1. The van der Waals surface area contributed by atoms with E-state index >= 15 is 0 Å². The van der Waals surface area contributed by atoms with Crippen LogP contribution < -0.4 is 10.6 Å². The molecule has 0 atom stereocenters. The highest BCUT2D eigenvalue weighted by molar-refractivity contribution is 5.99. The van der Waals surface area contributed by atoms with E-state index in [1.54, 1.807) is 6.92 Å². The van der Waals surface area contributed by atoms with E-state index in [1.165, 1.54) is 6.07 Å². The second-order valence-electron chi connectivity index (χ2n) is 5.86. The predicted octanol–water partition coefficient (Wildman–Crippen LogP) is 3.03.